The molecule has 1 aromatic rings. The molecule has 1 amide bonds. The van der Waals surface area contributed by atoms with Crippen molar-refractivity contribution < 1.29 is 14.3 Å². The molecule has 20 heavy (non-hydrogen) atoms. The van der Waals surface area contributed by atoms with E-state index in [-0.39, 0.29) is 17.9 Å². The first kappa shape index (κ1) is 13.4. The van der Waals surface area contributed by atoms with Crippen molar-refractivity contribution in [1.29, 1.82) is 0 Å². The third kappa shape index (κ3) is 3.31. The van der Waals surface area contributed by atoms with Crippen molar-refractivity contribution in [2.45, 2.75) is 38.2 Å². The highest BCUT2D eigenvalue weighted by Crippen LogP contribution is 2.28. The predicted octanol–water partition coefficient (Wildman–Crippen LogP) is 2.98. The molecule has 4 nitrogen and oxygen atoms in total. The van der Waals surface area contributed by atoms with E-state index >= 15 is 0 Å². The molecular formula is C16H21NO3. The molecule has 108 valence electrons. The second kappa shape index (κ2) is 6.27. The van der Waals surface area contributed by atoms with Gasteiger partial charge >= 0.3 is 0 Å². The second-order valence-corrected chi connectivity index (χ2v) is 5.59. The highest BCUT2D eigenvalue weighted by molar-refractivity contribution is 5.93. The van der Waals surface area contributed by atoms with E-state index in [1.54, 1.807) is 0 Å². The number of amides is 1. The molecule has 1 saturated heterocycles. The summed E-state index contributed by atoms with van der Waals surface area (Å²) in [5.41, 5.74) is 0.812. The van der Waals surface area contributed by atoms with E-state index < -0.39 is 0 Å². The smallest absolute Gasteiger partial charge is 0.227 e. The van der Waals surface area contributed by atoms with Gasteiger partial charge in [0.25, 0.3) is 0 Å². The zero-order valence-electron chi connectivity index (χ0n) is 11.6. The van der Waals surface area contributed by atoms with Gasteiger partial charge in [-0.1, -0.05) is 12.5 Å². The van der Waals surface area contributed by atoms with Crippen molar-refractivity contribution in [3.05, 3.63) is 24.3 Å². The van der Waals surface area contributed by atoms with Gasteiger partial charge in [-0.25, -0.2) is 0 Å². The Bertz CT molecular complexity index is 465. The van der Waals surface area contributed by atoms with Crippen LogP contribution in [0.5, 0.6) is 5.75 Å². The highest BCUT2D eigenvalue weighted by Gasteiger charge is 2.25. The molecule has 3 rings (SSSR count). The van der Waals surface area contributed by atoms with Crippen molar-refractivity contribution in [1.82, 2.24) is 0 Å². The van der Waals surface area contributed by atoms with E-state index in [1.807, 2.05) is 24.3 Å². The Morgan fingerprint density at radius 1 is 1.30 bits per heavy atom. The number of nitrogens with one attached hydrogen (secondary N) is 1. The molecule has 1 aromatic carbocycles. The van der Waals surface area contributed by atoms with E-state index in [2.05, 4.69) is 5.32 Å². The molecule has 1 saturated carbocycles. The fourth-order valence-electron chi connectivity index (χ4n) is 2.54. The van der Waals surface area contributed by atoms with E-state index in [9.17, 15) is 4.79 Å². The second-order valence-electron chi connectivity index (χ2n) is 5.59. The molecule has 2 fully saturated rings. The summed E-state index contributed by atoms with van der Waals surface area (Å²) >= 11 is 0. The lowest BCUT2D eigenvalue weighted by molar-refractivity contribution is -0.122. The number of carbonyl (C=O) groups excluding carboxylic acids is 1. The standard InChI is InChI=1S/C16H21NO3/c18-16(12-4-1-5-12)17-13-6-2-7-14(10-13)20-11-15-8-3-9-19-15/h2,6-7,10,12,15H,1,3-5,8-9,11H2,(H,17,18)/t15-/m0/s1. The van der Waals surface area contributed by atoms with Crippen LogP contribution >= 0.6 is 0 Å². The van der Waals surface area contributed by atoms with Gasteiger partial charge in [-0.2, -0.15) is 0 Å². The van der Waals surface area contributed by atoms with Gasteiger partial charge in [0.05, 0.1) is 6.10 Å². The maximum Gasteiger partial charge on any atom is 0.227 e. The monoisotopic (exact) mass is 275 g/mol. The molecule has 0 spiro atoms. The lowest BCUT2D eigenvalue weighted by Crippen LogP contribution is -2.28. The Morgan fingerprint density at radius 3 is 2.90 bits per heavy atom. The first-order valence-corrected chi connectivity index (χ1v) is 7.46. The molecular weight excluding hydrogens is 254 g/mol. The molecule has 1 aliphatic carbocycles. The molecule has 2 aliphatic rings. The number of rotatable bonds is 5. The van der Waals surface area contributed by atoms with Crippen LogP contribution in [0.2, 0.25) is 0 Å². The summed E-state index contributed by atoms with van der Waals surface area (Å²) in [6, 6.07) is 7.59. The Kier molecular flexibility index (Phi) is 4.21. The fourth-order valence-corrected chi connectivity index (χ4v) is 2.54. The Labute approximate surface area is 119 Å². The number of hydrogen-bond acceptors (Lipinski definition) is 3. The minimum absolute atomic E-state index is 0.132. The minimum atomic E-state index is 0.132. The van der Waals surface area contributed by atoms with E-state index in [4.69, 9.17) is 9.47 Å². The molecule has 0 aromatic heterocycles. The van der Waals surface area contributed by atoms with Crippen LogP contribution in [0, 0.1) is 5.92 Å². The van der Waals surface area contributed by atoms with Crippen molar-refractivity contribution in [2.24, 2.45) is 5.92 Å². The van der Waals surface area contributed by atoms with Gasteiger partial charge in [-0.15, -0.1) is 0 Å². The summed E-state index contributed by atoms with van der Waals surface area (Å²) < 4.78 is 11.3. The minimum Gasteiger partial charge on any atom is -0.491 e. The maximum atomic E-state index is 11.9. The van der Waals surface area contributed by atoms with Crippen molar-refractivity contribution in [3.63, 3.8) is 0 Å². The van der Waals surface area contributed by atoms with Crippen LogP contribution in [0.1, 0.15) is 32.1 Å². The van der Waals surface area contributed by atoms with Crippen molar-refractivity contribution in [3.8, 4) is 5.75 Å². The molecule has 4 heteroatoms. The topological polar surface area (TPSA) is 47.6 Å². The summed E-state index contributed by atoms with van der Waals surface area (Å²) in [6.45, 7) is 1.42. The van der Waals surface area contributed by atoms with Crippen LogP contribution in [0.4, 0.5) is 5.69 Å². The van der Waals surface area contributed by atoms with Gasteiger partial charge in [0.1, 0.15) is 12.4 Å². The third-order valence-corrected chi connectivity index (χ3v) is 4.04. The average Bonchev–Trinajstić information content (AvgIpc) is 2.87. The number of hydrogen-bond donors (Lipinski definition) is 1. The maximum absolute atomic E-state index is 11.9. The molecule has 0 bridgehead atoms. The number of ether oxygens (including phenoxy) is 2. The zero-order valence-corrected chi connectivity index (χ0v) is 11.6. The Balaban J connectivity index is 1.53. The van der Waals surface area contributed by atoms with Crippen molar-refractivity contribution in [2.75, 3.05) is 18.5 Å². The van der Waals surface area contributed by atoms with Gasteiger partial charge < -0.3 is 14.8 Å². The quantitative estimate of drug-likeness (QED) is 0.898. The summed E-state index contributed by atoms with van der Waals surface area (Å²) in [4.78, 5) is 11.9. The summed E-state index contributed by atoms with van der Waals surface area (Å²) in [7, 11) is 0. The van der Waals surface area contributed by atoms with Gasteiger partial charge in [0.15, 0.2) is 0 Å². The SMILES string of the molecule is O=C(Nc1cccc(OC[C@@H]2CCCO2)c1)C1CCC1. The third-order valence-electron chi connectivity index (χ3n) is 4.04. The number of carbonyl (C=O) groups is 1. The van der Waals surface area contributed by atoms with Gasteiger partial charge in [0.2, 0.25) is 5.91 Å². The number of benzene rings is 1. The first-order valence-electron chi connectivity index (χ1n) is 7.46. The largest absolute Gasteiger partial charge is 0.491 e. The van der Waals surface area contributed by atoms with Crippen molar-refractivity contribution >= 4 is 11.6 Å². The van der Waals surface area contributed by atoms with E-state index in [0.717, 1.165) is 43.7 Å². The molecule has 0 radical (unpaired) electrons. The van der Waals surface area contributed by atoms with Gasteiger partial charge in [-0.05, 0) is 37.8 Å². The summed E-state index contributed by atoms with van der Waals surface area (Å²) in [5, 5.41) is 2.96. The first-order chi connectivity index (χ1) is 9.81. The Hall–Kier alpha value is -1.55. The molecule has 1 heterocycles. The Morgan fingerprint density at radius 2 is 2.20 bits per heavy atom. The van der Waals surface area contributed by atoms with Crippen LogP contribution in [0.15, 0.2) is 24.3 Å². The number of anilines is 1. The van der Waals surface area contributed by atoms with E-state index in [0.29, 0.717) is 6.61 Å². The van der Waals surface area contributed by atoms with E-state index in [1.165, 1.54) is 6.42 Å². The lowest BCUT2D eigenvalue weighted by atomic mass is 9.85. The normalized spacial score (nSPS) is 22.3. The molecule has 1 atom stereocenters. The summed E-state index contributed by atoms with van der Waals surface area (Å²) in [6.07, 6.45) is 5.59. The average molecular weight is 275 g/mol. The molecule has 1 aliphatic heterocycles. The van der Waals surface area contributed by atoms with Crippen LogP contribution in [0.3, 0.4) is 0 Å². The van der Waals surface area contributed by atoms with Gasteiger partial charge in [0, 0.05) is 24.3 Å². The van der Waals surface area contributed by atoms with Crippen LogP contribution in [-0.2, 0) is 9.53 Å². The molecule has 0 unspecified atom stereocenters. The predicted molar refractivity (Wildman–Crippen MR) is 76.9 cm³/mol. The molecule has 1 N–H and O–H groups in total. The van der Waals surface area contributed by atoms with Gasteiger partial charge in [-0.3, -0.25) is 4.79 Å². The fraction of sp³-hybridized carbons (Fsp3) is 0.562. The zero-order chi connectivity index (χ0) is 13.8. The van der Waals surface area contributed by atoms with Crippen LogP contribution < -0.4 is 10.1 Å². The highest BCUT2D eigenvalue weighted by atomic mass is 16.5. The summed E-state index contributed by atoms with van der Waals surface area (Å²) in [5.74, 6) is 1.12. The van der Waals surface area contributed by atoms with Crippen LogP contribution in [-0.4, -0.2) is 25.2 Å². The van der Waals surface area contributed by atoms with Crippen LogP contribution in [0.25, 0.3) is 0 Å². The lowest BCUT2D eigenvalue weighted by Gasteiger charge is -2.24.